The third-order valence-corrected chi connectivity index (χ3v) is 2.52. The zero-order valence-corrected chi connectivity index (χ0v) is 9.18. The summed E-state index contributed by atoms with van der Waals surface area (Å²) in [7, 11) is 1.47. The minimum Gasteiger partial charge on any atom is -0.573 e. The van der Waals surface area contributed by atoms with Crippen LogP contribution in [0.1, 0.15) is 5.56 Å². The first-order chi connectivity index (χ1) is 8.10. The van der Waals surface area contributed by atoms with Crippen LogP contribution in [0.25, 0.3) is 15.9 Å². The smallest absolute Gasteiger partial charge is 0.454 e. The van der Waals surface area contributed by atoms with Gasteiger partial charge in [0, 0.05) is 16.5 Å². The van der Waals surface area contributed by atoms with Crippen LogP contribution in [0.3, 0.4) is 0 Å². The van der Waals surface area contributed by atoms with E-state index in [4.69, 9.17) is 14.5 Å². The number of fused-ring (bicyclic) bond motifs is 1. The Morgan fingerprint density at radius 1 is 1.47 bits per heavy atom. The predicted octanol–water partition coefficient (Wildman–Crippen LogP) is 1.67. The molecule has 6 nitrogen and oxygen atoms in total. The number of aryl methyl sites for hydroxylation is 1. The molecule has 1 aromatic heterocycles. The van der Waals surface area contributed by atoms with E-state index >= 15 is 0 Å². The van der Waals surface area contributed by atoms with Gasteiger partial charge >= 0.3 is 5.69 Å². The highest BCUT2D eigenvalue weighted by Gasteiger charge is 2.19. The van der Waals surface area contributed by atoms with Crippen LogP contribution < -0.4 is 15.3 Å². The molecule has 1 heterocycles. The van der Waals surface area contributed by atoms with E-state index in [0.717, 1.165) is 0 Å². The predicted molar refractivity (Wildman–Crippen MR) is 58.0 cm³/mol. The molecule has 2 rings (SSSR count). The first kappa shape index (κ1) is 11.0. The molecule has 0 aliphatic carbocycles. The molecular formula is C11H8N2O4. The molecule has 0 fully saturated rings. The normalized spacial score (nSPS) is 10.2. The summed E-state index contributed by atoms with van der Waals surface area (Å²) in [6, 6.07) is 3.04. The lowest BCUT2D eigenvalue weighted by Crippen LogP contribution is -2.05. The van der Waals surface area contributed by atoms with Crippen molar-refractivity contribution in [3.05, 3.63) is 32.9 Å². The van der Waals surface area contributed by atoms with Gasteiger partial charge in [-0.3, -0.25) is 4.79 Å². The van der Waals surface area contributed by atoms with E-state index in [1.165, 1.54) is 13.2 Å². The van der Waals surface area contributed by atoms with E-state index in [1.807, 2.05) is 0 Å². The summed E-state index contributed by atoms with van der Waals surface area (Å²) in [6.45, 7) is 1.67. The van der Waals surface area contributed by atoms with E-state index < -0.39 is 17.1 Å². The maximum atomic E-state index is 11.8. The number of benzene rings is 1. The van der Waals surface area contributed by atoms with Gasteiger partial charge in [0.2, 0.25) is 5.39 Å². The highest BCUT2D eigenvalue weighted by Crippen LogP contribution is 2.30. The molecule has 17 heavy (non-hydrogen) atoms. The van der Waals surface area contributed by atoms with Gasteiger partial charge in [-0.2, -0.15) is 0 Å². The third kappa shape index (κ3) is 1.49. The third-order valence-electron chi connectivity index (χ3n) is 2.52. The molecule has 0 amide bonds. The lowest BCUT2D eigenvalue weighted by Gasteiger charge is -2.10. The van der Waals surface area contributed by atoms with E-state index in [-0.39, 0.29) is 11.0 Å². The van der Waals surface area contributed by atoms with E-state index in [1.54, 1.807) is 13.0 Å². The average Bonchev–Trinajstić information content (AvgIpc) is 2.31. The van der Waals surface area contributed by atoms with E-state index in [9.17, 15) is 9.90 Å². The van der Waals surface area contributed by atoms with Gasteiger partial charge in [0.1, 0.15) is 5.75 Å². The van der Waals surface area contributed by atoms with Crippen molar-refractivity contribution in [2.45, 2.75) is 6.92 Å². The van der Waals surface area contributed by atoms with Gasteiger partial charge in [0.05, 0.1) is 7.11 Å². The Hall–Kier alpha value is -2.55. The molecule has 0 atom stereocenters. The number of hydrogen-bond donors (Lipinski definition) is 0. The number of diazo groups is 1. The highest BCUT2D eigenvalue weighted by molar-refractivity contribution is 5.85. The summed E-state index contributed by atoms with van der Waals surface area (Å²) in [4.78, 5) is 14.4. The summed E-state index contributed by atoms with van der Waals surface area (Å²) in [6.07, 6.45) is 0. The Balaban J connectivity index is 2.98. The zero-order chi connectivity index (χ0) is 12.6. The average molecular weight is 232 g/mol. The summed E-state index contributed by atoms with van der Waals surface area (Å²) in [5.74, 6) is -0.463. The molecule has 0 saturated heterocycles. The van der Waals surface area contributed by atoms with Crippen LogP contribution in [0.15, 0.2) is 21.3 Å². The molecule has 86 valence electrons. The zero-order valence-electron chi connectivity index (χ0n) is 9.18. The van der Waals surface area contributed by atoms with Crippen molar-refractivity contribution >= 4 is 16.7 Å². The molecule has 0 aliphatic heterocycles. The molecule has 0 bridgehead atoms. The number of rotatable bonds is 1. The Kier molecular flexibility index (Phi) is 2.44. The van der Waals surface area contributed by atoms with Crippen molar-refractivity contribution in [1.29, 1.82) is 5.39 Å². The molecule has 0 aliphatic rings. The maximum Gasteiger partial charge on any atom is 0.454 e. The fourth-order valence-corrected chi connectivity index (χ4v) is 1.65. The van der Waals surface area contributed by atoms with Crippen molar-refractivity contribution in [1.82, 2.24) is 0 Å². The fourth-order valence-electron chi connectivity index (χ4n) is 1.65. The minimum absolute atomic E-state index is 0.145. The van der Waals surface area contributed by atoms with Crippen LogP contribution >= 0.6 is 0 Å². The number of methoxy groups -OCH3 is 1. The molecule has 0 unspecified atom stereocenters. The van der Waals surface area contributed by atoms with Crippen molar-refractivity contribution in [2.24, 2.45) is 0 Å². The number of nitrogens with zero attached hydrogens (tertiary/aromatic N) is 2. The monoisotopic (exact) mass is 232 g/mol. The van der Waals surface area contributed by atoms with Gasteiger partial charge in [-0.1, -0.05) is 0 Å². The standard InChI is InChI=1S/C11H8N2O4/c1-5-7(16-2)4-3-6-9(14)8(13-12)11(15)17-10(5)6/h3-4H,1-2H3. The summed E-state index contributed by atoms with van der Waals surface area (Å²) in [5, 5.41) is 20.1. The van der Waals surface area contributed by atoms with Crippen molar-refractivity contribution in [3.63, 3.8) is 0 Å². The lowest BCUT2D eigenvalue weighted by molar-refractivity contribution is -0.292. The molecule has 0 N–H and O–H groups in total. The van der Waals surface area contributed by atoms with Crippen molar-refractivity contribution < 1.29 is 14.3 Å². The fraction of sp³-hybridized carbons (Fsp3) is 0.182. The van der Waals surface area contributed by atoms with Gasteiger partial charge in [-0.15, -0.1) is 0 Å². The molecular weight excluding hydrogens is 224 g/mol. The minimum atomic E-state index is -0.971. The van der Waals surface area contributed by atoms with Crippen molar-refractivity contribution in [2.75, 3.05) is 7.11 Å². The second-order valence-electron chi connectivity index (χ2n) is 3.44. The van der Waals surface area contributed by atoms with E-state index in [2.05, 4.69) is 4.98 Å². The molecule has 0 saturated carbocycles. The summed E-state index contributed by atoms with van der Waals surface area (Å²) in [5.41, 5.74) is -0.595. The first-order valence-electron chi connectivity index (χ1n) is 4.76. The maximum absolute atomic E-state index is 11.8. The Morgan fingerprint density at radius 2 is 2.18 bits per heavy atom. The topological polar surface area (TPSA) is 90.7 Å². The summed E-state index contributed by atoms with van der Waals surface area (Å²) < 4.78 is 10.0. The Bertz CT molecular complexity index is 697. The van der Waals surface area contributed by atoms with Gasteiger partial charge in [0.15, 0.2) is 10.9 Å². The van der Waals surface area contributed by atoms with Gasteiger partial charge < -0.3 is 14.3 Å². The molecule has 6 heteroatoms. The Labute approximate surface area is 95.7 Å². The highest BCUT2D eigenvalue weighted by atomic mass is 16.5. The Morgan fingerprint density at radius 3 is 2.76 bits per heavy atom. The first-order valence-corrected chi connectivity index (χ1v) is 4.76. The van der Waals surface area contributed by atoms with Crippen LogP contribution in [0.4, 0.5) is 5.69 Å². The van der Waals surface area contributed by atoms with Crippen LogP contribution in [0.2, 0.25) is 0 Å². The lowest BCUT2D eigenvalue weighted by atomic mass is 10.1. The molecule has 1 aromatic carbocycles. The second kappa shape index (κ2) is 3.79. The SMILES string of the molecule is COc1ccc2c(=O)c([N+]#N)c([O-])oc2c1C. The quantitative estimate of drug-likeness (QED) is 0.697. The van der Waals surface area contributed by atoms with Gasteiger partial charge in [0.25, 0.3) is 5.43 Å². The largest absolute Gasteiger partial charge is 0.573 e. The van der Waals surface area contributed by atoms with Crippen LogP contribution in [0.5, 0.6) is 11.7 Å². The van der Waals surface area contributed by atoms with Crippen molar-refractivity contribution in [3.8, 4) is 11.7 Å². The number of ether oxygens (including phenoxy) is 1. The van der Waals surface area contributed by atoms with Gasteiger partial charge in [-0.05, 0) is 19.1 Å². The van der Waals surface area contributed by atoms with Crippen LogP contribution in [-0.2, 0) is 0 Å². The van der Waals surface area contributed by atoms with Crippen LogP contribution in [0, 0.1) is 12.3 Å². The molecule has 0 spiro atoms. The number of hydrogen-bond acceptors (Lipinski definition) is 5. The van der Waals surface area contributed by atoms with Crippen LogP contribution in [-0.4, -0.2) is 7.11 Å². The molecule has 2 aromatic rings. The summed E-state index contributed by atoms with van der Waals surface area (Å²) >= 11 is 0. The van der Waals surface area contributed by atoms with Gasteiger partial charge in [-0.25, -0.2) is 0 Å². The van der Waals surface area contributed by atoms with E-state index in [0.29, 0.717) is 11.3 Å². The second-order valence-corrected chi connectivity index (χ2v) is 3.44. The molecule has 0 radical (unpaired) electrons.